The van der Waals surface area contributed by atoms with Gasteiger partial charge in [-0.25, -0.2) is 0 Å². The van der Waals surface area contributed by atoms with Crippen molar-refractivity contribution >= 4 is 81.4 Å². The van der Waals surface area contributed by atoms with Gasteiger partial charge in [0.25, 0.3) is 0 Å². The maximum absolute atomic E-state index is 2.53. The van der Waals surface area contributed by atoms with Gasteiger partial charge in [0.1, 0.15) is 0 Å². The second kappa shape index (κ2) is 13.5. The second-order valence-corrected chi connectivity index (χ2v) is 20.5. The van der Waals surface area contributed by atoms with Gasteiger partial charge in [0.2, 0.25) is 0 Å². The third kappa shape index (κ3) is 4.74. The van der Waals surface area contributed by atoms with E-state index in [1.807, 2.05) is 11.3 Å². The van der Waals surface area contributed by atoms with Gasteiger partial charge in [0.15, 0.2) is 0 Å². The fourth-order valence-electron chi connectivity index (χ4n) is 13.4. The van der Waals surface area contributed by atoms with E-state index < -0.39 is 5.41 Å². The Hall–Kier alpha value is -8.10. The van der Waals surface area contributed by atoms with E-state index in [-0.39, 0.29) is 0 Å². The lowest BCUT2D eigenvalue weighted by Gasteiger charge is -2.32. The van der Waals surface area contributed by atoms with Gasteiger partial charge in [-0.15, -0.1) is 11.3 Å². The normalized spacial score (nSPS) is 15.8. The van der Waals surface area contributed by atoms with Gasteiger partial charge in [-0.1, -0.05) is 188 Å². The van der Waals surface area contributed by atoms with Gasteiger partial charge in [-0.2, -0.15) is 0 Å². The zero-order valence-electron chi connectivity index (χ0n) is 37.1. The van der Waals surface area contributed by atoms with Gasteiger partial charge in [-0.3, -0.25) is 0 Å². The first-order chi connectivity index (χ1) is 33.7. The number of thiophene rings is 1. The van der Waals surface area contributed by atoms with Crippen LogP contribution in [0.3, 0.4) is 0 Å². The van der Waals surface area contributed by atoms with Crippen LogP contribution in [0.15, 0.2) is 224 Å². The fourth-order valence-corrected chi connectivity index (χ4v) is 14.6. The molecular weight excluding hydrogens is 837 g/mol. The molecule has 1 spiro atoms. The van der Waals surface area contributed by atoms with Crippen LogP contribution >= 0.6 is 11.3 Å². The minimum atomic E-state index is -0.488. The molecule has 314 valence electrons. The molecule has 0 saturated carbocycles. The molecule has 0 radical (unpaired) electrons. The molecule has 11 aromatic carbocycles. The Morgan fingerprint density at radius 1 is 0.412 bits per heavy atom. The number of hydrogen-bond acceptors (Lipinski definition) is 1. The van der Waals surface area contributed by atoms with E-state index in [1.165, 1.54) is 147 Å². The highest BCUT2D eigenvalue weighted by Gasteiger charge is 2.53. The highest BCUT2D eigenvalue weighted by atomic mass is 32.1. The van der Waals surface area contributed by atoms with Gasteiger partial charge in [0, 0.05) is 20.9 Å². The first kappa shape index (κ1) is 37.0. The number of benzene rings is 11. The van der Waals surface area contributed by atoms with Crippen LogP contribution in [-0.4, -0.2) is 0 Å². The average molecular weight is 877 g/mol. The van der Waals surface area contributed by atoms with Gasteiger partial charge in [-0.05, 0) is 175 Å². The van der Waals surface area contributed by atoms with Crippen LogP contribution in [0, 0.1) is 5.92 Å². The van der Waals surface area contributed by atoms with E-state index in [9.17, 15) is 0 Å². The molecule has 1 unspecified atom stereocenters. The quantitative estimate of drug-likeness (QED) is 0.120. The molecule has 0 fully saturated rings. The summed E-state index contributed by atoms with van der Waals surface area (Å²) in [4.78, 5) is 1.50. The molecule has 0 bridgehead atoms. The van der Waals surface area contributed by atoms with Crippen LogP contribution in [0.2, 0.25) is 0 Å². The smallest absolute Gasteiger partial charge is 0.0731 e. The summed E-state index contributed by atoms with van der Waals surface area (Å²) in [6, 6.07) is 74.5. The molecule has 0 N–H and O–H groups in total. The molecule has 1 heterocycles. The summed E-state index contributed by atoms with van der Waals surface area (Å²) in [5.41, 5.74) is 18.3. The first-order valence-electron chi connectivity index (χ1n) is 24.0. The third-order valence-corrected chi connectivity index (χ3v) is 17.3. The van der Waals surface area contributed by atoms with Crippen molar-refractivity contribution in [3.8, 4) is 44.5 Å². The molecule has 68 heavy (non-hydrogen) atoms. The minimum Gasteiger partial charge on any atom is -0.140 e. The molecule has 0 saturated heterocycles. The Morgan fingerprint density at radius 3 is 1.65 bits per heavy atom. The Morgan fingerprint density at radius 2 is 0.971 bits per heavy atom. The van der Waals surface area contributed by atoms with Gasteiger partial charge >= 0.3 is 0 Å². The lowest BCUT2D eigenvalue weighted by Crippen LogP contribution is -2.26. The van der Waals surface area contributed by atoms with Crippen molar-refractivity contribution in [2.45, 2.75) is 11.8 Å². The monoisotopic (exact) mass is 876 g/mol. The van der Waals surface area contributed by atoms with Crippen LogP contribution in [0.1, 0.15) is 32.7 Å². The number of rotatable bonds is 2. The molecule has 4 aliphatic carbocycles. The van der Waals surface area contributed by atoms with E-state index in [1.54, 1.807) is 0 Å². The maximum atomic E-state index is 2.53. The highest BCUT2D eigenvalue weighted by Crippen LogP contribution is 2.66. The van der Waals surface area contributed by atoms with E-state index in [0.717, 1.165) is 6.42 Å². The molecule has 1 heteroatoms. The average Bonchev–Trinajstić information content (AvgIpc) is 4.01. The highest BCUT2D eigenvalue weighted by molar-refractivity contribution is 7.19. The summed E-state index contributed by atoms with van der Waals surface area (Å²) in [6.45, 7) is 0. The fraction of sp³-hybridized carbons (Fsp3) is 0.0448. The van der Waals surface area contributed by atoms with Crippen molar-refractivity contribution in [1.82, 2.24) is 0 Å². The second-order valence-electron chi connectivity index (χ2n) is 19.3. The van der Waals surface area contributed by atoms with Crippen LogP contribution in [0.5, 0.6) is 0 Å². The topological polar surface area (TPSA) is 0 Å². The van der Waals surface area contributed by atoms with Gasteiger partial charge < -0.3 is 0 Å². The zero-order valence-corrected chi connectivity index (χ0v) is 37.9. The van der Waals surface area contributed by atoms with Crippen LogP contribution in [-0.2, 0) is 11.8 Å². The molecule has 0 aliphatic heterocycles. The van der Waals surface area contributed by atoms with E-state index in [2.05, 4.69) is 225 Å². The lowest BCUT2D eigenvalue weighted by atomic mass is 9.69. The van der Waals surface area contributed by atoms with Crippen molar-refractivity contribution in [1.29, 1.82) is 0 Å². The third-order valence-electron chi connectivity index (χ3n) is 16.1. The Labute approximate surface area is 398 Å². The lowest BCUT2D eigenvalue weighted by molar-refractivity contribution is 0.771. The molecule has 0 amide bonds. The molecular formula is C67H40S. The molecule has 4 aliphatic rings. The standard InChI is InChI=1S/C67H40S/c1-3-17-41-37-60-57(34-40(41)16-1)65-48-22-6-5-19-45(48)54-35-43(29-31-53(54)66(65)67(60)58-27-13-11-20-46(58)47-21-12-14-28-59(47)67)63-49-23-7-9-25-51(49)64(52-26-10-8-24-50(52)63)44-30-32-61-55(36-44)56-33-39-15-2-4-18-42(39)38-62(56)68-61/h1-37,42H,38H2. The van der Waals surface area contributed by atoms with E-state index in [4.69, 9.17) is 0 Å². The van der Waals surface area contributed by atoms with E-state index >= 15 is 0 Å². The molecule has 1 aromatic heterocycles. The number of hydrogen-bond donors (Lipinski definition) is 0. The Kier molecular flexibility index (Phi) is 7.36. The molecule has 0 nitrogen and oxygen atoms in total. The number of allylic oxidation sites excluding steroid dienone is 5. The summed E-state index contributed by atoms with van der Waals surface area (Å²) < 4.78 is 1.37. The summed E-state index contributed by atoms with van der Waals surface area (Å²) >= 11 is 1.97. The van der Waals surface area contributed by atoms with Crippen molar-refractivity contribution in [3.63, 3.8) is 0 Å². The Balaban J connectivity index is 0.977. The molecule has 12 aromatic rings. The Bertz CT molecular complexity index is 4250. The van der Waals surface area contributed by atoms with Crippen molar-refractivity contribution < 1.29 is 0 Å². The summed E-state index contributed by atoms with van der Waals surface area (Å²) in [5, 5.41) is 14.2. The minimum absolute atomic E-state index is 0.476. The SMILES string of the molecule is C1=CC2=Cc3c(sc4ccc(-c5c6ccccc6c(-c6ccc7c8c(c9ccccc9c7c6)-c6cc7ccccc7cc6C86c7ccccc7-c7ccccc76)c6ccccc56)cc34)CC2C=C1. The summed E-state index contributed by atoms with van der Waals surface area (Å²) in [6.07, 6.45) is 12.6. The van der Waals surface area contributed by atoms with E-state index in [0.29, 0.717) is 5.92 Å². The van der Waals surface area contributed by atoms with Crippen molar-refractivity contribution in [2.75, 3.05) is 0 Å². The predicted molar refractivity (Wildman–Crippen MR) is 290 cm³/mol. The van der Waals surface area contributed by atoms with Crippen molar-refractivity contribution in [3.05, 3.63) is 257 Å². The predicted octanol–water partition coefficient (Wildman–Crippen LogP) is 18.0. The van der Waals surface area contributed by atoms with Crippen molar-refractivity contribution in [2.24, 2.45) is 5.92 Å². The summed E-state index contributed by atoms with van der Waals surface area (Å²) in [7, 11) is 0. The van der Waals surface area contributed by atoms with Gasteiger partial charge in [0.05, 0.1) is 5.41 Å². The summed E-state index contributed by atoms with van der Waals surface area (Å²) in [5.74, 6) is 0.476. The zero-order chi connectivity index (χ0) is 44.2. The molecule has 16 rings (SSSR count). The first-order valence-corrected chi connectivity index (χ1v) is 24.8. The molecule has 1 atom stereocenters. The van der Waals surface area contributed by atoms with Crippen LogP contribution in [0.4, 0.5) is 0 Å². The largest absolute Gasteiger partial charge is 0.140 e. The number of fused-ring (bicyclic) bond motifs is 22. The maximum Gasteiger partial charge on any atom is 0.0731 e. The van der Waals surface area contributed by atoms with Crippen LogP contribution in [0.25, 0.3) is 115 Å². The van der Waals surface area contributed by atoms with Crippen LogP contribution < -0.4 is 0 Å².